The van der Waals surface area contributed by atoms with E-state index >= 15 is 0 Å². The molecule has 3 aromatic carbocycles. The Morgan fingerprint density at radius 1 is 0.808 bits per heavy atom. The summed E-state index contributed by atoms with van der Waals surface area (Å²) >= 11 is 0. The van der Waals surface area contributed by atoms with Crippen molar-refractivity contribution in [2.24, 2.45) is 17.3 Å². The molecule has 0 spiro atoms. The van der Waals surface area contributed by atoms with E-state index in [-0.39, 0.29) is 10.8 Å². The van der Waals surface area contributed by atoms with Crippen LogP contribution in [-0.2, 0) is 5.41 Å². The van der Waals surface area contributed by atoms with Crippen molar-refractivity contribution in [3.05, 3.63) is 119 Å². The summed E-state index contributed by atoms with van der Waals surface area (Å²) in [6.45, 7) is 27.5. The summed E-state index contributed by atoms with van der Waals surface area (Å²) in [6.07, 6.45) is 5.66. The number of pyridine rings is 1. The average molecular weight is 693 g/mol. The molecular weight excluding hydrogens is 637 g/mol. The Morgan fingerprint density at radius 3 is 2.23 bits per heavy atom. The lowest BCUT2D eigenvalue weighted by molar-refractivity contribution is 0.224. The smallest absolute Gasteiger partial charge is 0.137 e. The minimum absolute atomic E-state index is 0.00952. The first-order valence-electron chi connectivity index (χ1n) is 19.1. The number of hydrogen-bond acceptors (Lipinski definition) is 3. The molecule has 0 saturated heterocycles. The molecule has 0 N–H and O–H groups in total. The van der Waals surface area contributed by atoms with Crippen LogP contribution in [0.4, 0.5) is 0 Å². The van der Waals surface area contributed by atoms with E-state index in [9.17, 15) is 0 Å². The minimum atomic E-state index is 0.00952. The van der Waals surface area contributed by atoms with E-state index in [2.05, 4.69) is 171 Å². The van der Waals surface area contributed by atoms with E-state index in [0.29, 0.717) is 23.7 Å². The predicted octanol–water partition coefficient (Wildman–Crippen LogP) is 12.9. The van der Waals surface area contributed by atoms with Gasteiger partial charge < -0.3 is 4.74 Å². The second-order valence-electron chi connectivity index (χ2n) is 17.8. The maximum Gasteiger partial charge on any atom is 0.137 e. The van der Waals surface area contributed by atoms with Gasteiger partial charge in [0.1, 0.15) is 17.3 Å². The van der Waals surface area contributed by atoms with Crippen molar-refractivity contribution in [1.29, 1.82) is 0 Å². The number of hydrogen-bond donors (Lipinski definition) is 0. The zero-order valence-electron chi connectivity index (χ0n) is 33.3. The molecule has 5 nitrogen and oxygen atoms in total. The molecule has 6 aromatic rings. The van der Waals surface area contributed by atoms with Crippen molar-refractivity contribution in [3.8, 4) is 23.0 Å². The van der Waals surface area contributed by atoms with Gasteiger partial charge in [0.15, 0.2) is 0 Å². The number of fused-ring (bicyclic) bond motifs is 3. The molecule has 0 bridgehead atoms. The van der Waals surface area contributed by atoms with Gasteiger partial charge in [-0.25, -0.2) is 9.67 Å². The molecule has 5 heteroatoms. The first-order chi connectivity index (χ1) is 24.5. The van der Waals surface area contributed by atoms with Gasteiger partial charge in [-0.3, -0.25) is 4.57 Å². The van der Waals surface area contributed by atoms with Gasteiger partial charge in [0.25, 0.3) is 0 Å². The first kappa shape index (κ1) is 35.7. The fourth-order valence-corrected chi connectivity index (χ4v) is 8.47. The third-order valence-corrected chi connectivity index (χ3v) is 11.5. The van der Waals surface area contributed by atoms with Gasteiger partial charge in [-0.05, 0) is 109 Å². The quantitative estimate of drug-likeness (QED) is 0.163. The summed E-state index contributed by atoms with van der Waals surface area (Å²) in [5.74, 6) is 4.32. The molecule has 0 saturated carbocycles. The first-order valence-corrected chi connectivity index (χ1v) is 19.1. The molecule has 0 amide bonds. The van der Waals surface area contributed by atoms with Crippen LogP contribution in [0.15, 0.2) is 90.6 Å². The highest BCUT2D eigenvalue weighted by Gasteiger charge is 2.36. The lowest BCUT2D eigenvalue weighted by Crippen LogP contribution is -2.28. The van der Waals surface area contributed by atoms with E-state index in [1.165, 1.54) is 45.2 Å². The normalized spacial score (nSPS) is 18.4. The van der Waals surface area contributed by atoms with Crippen LogP contribution >= 0.6 is 0 Å². The fourth-order valence-electron chi connectivity index (χ4n) is 8.47. The van der Waals surface area contributed by atoms with Crippen LogP contribution in [0.1, 0.15) is 116 Å². The zero-order chi connectivity index (χ0) is 37.3. The third-order valence-electron chi connectivity index (χ3n) is 11.5. The van der Waals surface area contributed by atoms with Crippen molar-refractivity contribution < 1.29 is 4.74 Å². The Balaban J connectivity index is 1.30. The highest BCUT2D eigenvalue weighted by Crippen LogP contribution is 2.47. The summed E-state index contributed by atoms with van der Waals surface area (Å²) in [4.78, 5) is 4.87. The monoisotopic (exact) mass is 692 g/mol. The van der Waals surface area contributed by atoms with Crippen LogP contribution in [0.2, 0.25) is 0 Å². The molecule has 3 heterocycles. The van der Waals surface area contributed by atoms with Crippen molar-refractivity contribution >= 4 is 21.8 Å². The Morgan fingerprint density at radius 2 is 1.54 bits per heavy atom. The molecule has 3 atom stereocenters. The largest absolute Gasteiger partial charge is 0.457 e. The summed E-state index contributed by atoms with van der Waals surface area (Å²) in [7, 11) is 0. The predicted molar refractivity (Wildman–Crippen MR) is 218 cm³/mol. The highest BCUT2D eigenvalue weighted by molar-refractivity contribution is 6.09. The number of rotatable bonds is 6. The molecular formula is C47H56N4O. The van der Waals surface area contributed by atoms with Crippen LogP contribution in [0, 0.1) is 31.1 Å². The zero-order valence-corrected chi connectivity index (χ0v) is 33.3. The lowest BCUT2D eigenvalue weighted by Gasteiger charge is -2.39. The van der Waals surface area contributed by atoms with Gasteiger partial charge in [-0.15, -0.1) is 0 Å². The van der Waals surface area contributed by atoms with E-state index in [0.717, 1.165) is 39.7 Å². The van der Waals surface area contributed by atoms with E-state index in [4.69, 9.17) is 14.8 Å². The summed E-state index contributed by atoms with van der Waals surface area (Å²) < 4.78 is 11.2. The second kappa shape index (κ2) is 13.1. The SMILES string of the molecule is CC1=C[C@H](C(C)(C)C)CC(C)[C@H]1c1c(C)nn(-c2cc(Oc3ccc4c5ccccc5n(-c5cc(C(C)(C)C)ccn5)c4c3)cc(C(C)C)c2)c1C. The van der Waals surface area contributed by atoms with Gasteiger partial charge in [0, 0.05) is 46.3 Å². The number of allylic oxidation sites excluding steroid dienone is 2. The topological polar surface area (TPSA) is 44.9 Å². The molecule has 0 radical (unpaired) electrons. The van der Waals surface area contributed by atoms with Gasteiger partial charge in [0.2, 0.25) is 0 Å². The third kappa shape index (κ3) is 6.48. The molecule has 270 valence electrons. The Hall–Kier alpha value is -4.64. The van der Waals surface area contributed by atoms with Crippen LogP contribution in [0.3, 0.4) is 0 Å². The molecule has 52 heavy (non-hydrogen) atoms. The average Bonchev–Trinajstić information content (AvgIpc) is 3.56. The van der Waals surface area contributed by atoms with E-state index in [1.54, 1.807) is 0 Å². The number of benzene rings is 3. The van der Waals surface area contributed by atoms with Crippen LogP contribution < -0.4 is 4.74 Å². The molecule has 0 aliphatic heterocycles. The van der Waals surface area contributed by atoms with Crippen molar-refractivity contribution in [2.45, 2.75) is 107 Å². The number of nitrogens with zero attached hydrogens (tertiary/aromatic N) is 4. The van der Waals surface area contributed by atoms with Gasteiger partial charge in [-0.2, -0.15) is 5.10 Å². The van der Waals surface area contributed by atoms with Crippen molar-refractivity contribution in [1.82, 2.24) is 19.3 Å². The minimum Gasteiger partial charge on any atom is -0.457 e. The summed E-state index contributed by atoms with van der Waals surface area (Å²) in [5.41, 5.74) is 11.1. The Bertz CT molecular complexity index is 2320. The Kier molecular flexibility index (Phi) is 9.00. The molecule has 1 unspecified atom stereocenters. The molecule has 0 fully saturated rings. The van der Waals surface area contributed by atoms with E-state index in [1.807, 2.05) is 6.20 Å². The van der Waals surface area contributed by atoms with Crippen LogP contribution in [0.25, 0.3) is 33.3 Å². The van der Waals surface area contributed by atoms with Crippen molar-refractivity contribution in [2.75, 3.05) is 0 Å². The fraction of sp³-hybridized carbons (Fsp3) is 0.404. The molecule has 1 aliphatic carbocycles. The van der Waals surface area contributed by atoms with E-state index < -0.39 is 0 Å². The maximum absolute atomic E-state index is 6.79. The van der Waals surface area contributed by atoms with Crippen molar-refractivity contribution in [3.63, 3.8) is 0 Å². The van der Waals surface area contributed by atoms with Crippen LogP contribution in [-0.4, -0.2) is 19.3 Å². The van der Waals surface area contributed by atoms with Gasteiger partial charge in [-0.1, -0.05) is 92.2 Å². The number of aryl methyl sites for hydroxylation is 1. The Labute approximate surface area is 310 Å². The number of aromatic nitrogens is 4. The molecule has 7 rings (SSSR count). The summed E-state index contributed by atoms with van der Waals surface area (Å²) in [6, 6.07) is 25.9. The summed E-state index contributed by atoms with van der Waals surface area (Å²) in [5, 5.41) is 7.57. The molecule has 1 aliphatic rings. The molecule has 3 aromatic heterocycles. The number of para-hydroxylation sites is 1. The van der Waals surface area contributed by atoms with Gasteiger partial charge in [0.05, 0.1) is 22.4 Å². The lowest BCUT2D eigenvalue weighted by atomic mass is 9.65. The highest BCUT2D eigenvalue weighted by atomic mass is 16.5. The van der Waals surface area contributed by atoms with Gasteiger partial charge >= 0.3 is 0 Å². The standard InChI is InChI=1S/C47H56N4O/c1-28(2)33-23-36(51-32(6)45(31(5)49-51)44-29(3)21-35(22-30(44)4)47(10,11)12)26-38(24-33)52-37-17-18-40-39-15-13-14-16-41(39)50(42(40)27-37)43-25-34(19-20-48-43)46(7,8)9/h13-21,23-28,30,35,44H,22H2,1-12H3/t30?,35-,44-/m0/s1. The maximum atomic E-state index is 6.79. The second-order valence-corrected chi connectivity index (χ2v) is 17.8. The number of ether oxygens (including phenoxy) is 1. The van der Waals surface area contributed by atoms with Crippen LogP contribution in [0.5, 0.6) is 11.5 Å².